The van der Waals surface area contributed by atoms with Gasteiger partial charge in [-0.2, -0.15) is 0 Å². The van der Waals surface area contributed by atoms with Crippen LogP contribution < -0.4 is 10.1 Å². The average Bonchev–Trinajstić information content (AvgIpc) is 3.78. The van der Waals surface area contributed by atoms with Gasteiger partial charge in [0.15, 0.2) is 0 Å². The van der Waals surface area contributed by atoms with E-state index in [9.17, 15) is 23.5 Å². The number of carbonyl (C=O) groups excluding carboxylic acids is 1. The molecule has 1 aliphatic heterocycles. The molecule has 2 fully saturated rings. The Labute approximate surface area is 287 Å². The molecule has 5 aromatic rings. The van der Waals surface area contributed by atoms with Gasteiger partial charge < -0.3 is 24.5 Å². The van der Waals surface area contributed by atoms with Gasteiger partial charge in [-0.15, -0.1) is 0 Å². The van der Waals surface area contributed by atoms with E-state index >= 15 is 8.78 Å². The first-order valence-electron chi connectivity index (χ1n) is 15.7. The van der Waals surface area contributed by atoms with Crippen molar-refractivity contribution in [3.05, 3.63) is 106 Å². The Morgan fingerprint density at radius 3 is 2.56 bits per heavy atom. The largest absolute Gasteiger partial charge is 0.478 e. The van der Waals surface area contributed by atoms with Gasteiger partial charge in [-0.05, 0) is 67.3 Å². The van der Waals surface area contributed by atoms with Crippen molar-refractivity contribution < 1.29 is 41.7 Å². The van der Waals surface area contributed by atoms with Crippen molar-refractivity contribution in [3.63, 3.8) is 0 Å². The third kappa shape index (κ3) is 6.72. The van der Waals surface area contributed by atoms with Crippen LogP contribution in [0.2, 0.25) is 5.02 Å². The Hall–Kier alpha value is -5.08. The van der Waals surface area contributed by atoms with E-state index in [0.717, 1.165) is 18.6 Å². The van der Waals surface area contributed by atoms with Crippen molar-refractivity contribution in [3.8, 4) is 17.1 Å². The van der Waals surface area contributed by atoms with E-state index in [1.165, 1.54) is 36.5 Å². The molecule has 1 aliphatic carbocycles. The van der Waals surface area contributed by atoms with Crippen LogP contribution in [0.3, 0.4) is 0 Å². The predicted octanol–water partition coefficient (Wildman–Crippen LogP) is 6.61. The van der Waals surface area contributed by atoms with Gasteiger partial charge in [0, 0.05) is 36.4 Å². The maximum atomic E-state index is 15.6. The molecular formula is C35H28ClF4N5O5. The molecule has 0 spiro atoms. The first-order valence-corrected chi connectivity index (χ1v) is 16.0. The normalized spacial score (nSPS) is 16.3. The molecule has 50 heavy (non-hydrogen) atoms. The van der Waals surface area contributed by atoms with Crippen LogP contribution in [0.5, 0.6) is 5.88 Å². The second-order valence-corrected chi connectivity index (χ2v) is 12.7. The van der Waals surface area contributed by atoms with E-state index in [-0.39, 0.29) is 71.0 Å². The number of nitrogens with one attached hydrogen (secondary N) is 1. The number of benzene rings is 2. The maximum Gasteiger partial charge on any atom is 0.335 e. The van der Waals surface area contributed by atoms with Crippen molar-refractivity contribution in [1.82, 2.24) is 24.8 Å². The van der Waals surface area contributed by atoms with E-state index in [0.29, 0.717) is 35.6 Å². The lowest BCUT2D eigenvalue weighted by molar-refractivity contribution is -0.0589. The van der Waals surface area contributed by atoms with Crippen LogP contribution in [0.4, 0.5) is 17.6 Å². The number of alkyl halides is 2. The number of carbonyl (C=O) groups is 2. The van der Waals surface area contributed by atoms with Crippen LogP contribution in [0.15, 0.2) is 60.8 Å². The zero-order valence-electron chi connectivity index (χ0n) is 26.1. The highest BCUT2D eigenvalue weighted by Gasteiger charge is 2.52. The number of pyridine rings is 2. The summed E-state index contributed by atoms with van der Waals surface area (Å²) in [5, 5.41) is 11.9. The molecule has 2 aromatic carbocycles. The smallest absolute Gasteiger partial charge is 0.335 e. The Balaban J connectivity index is 1.07. The number of ether oxygens (including phenoxy) is 2. The van der Waals surface area contributed by atoms with Crippen molar-refractivity contribution in [1.29, 1.82) is 0 Å². The van der Waals surface area contributed by atoms with Gasteiger partial charge in [-0.3, -0.25) is 9.78 Å². The molecule has 1 unspecified atom stereocenters. The molecule has 4 heterocycles. The highest BCUT2D eigenvalue weighted by atomic mass is 35.5. The number of amides is 1. The fourth-order valence-electron chi connectivity index (χ4n) is 5.68. The van der Waals surface area contributed by atoms with Crippen LogP contribution in [0, 0.1) is 11.6 Å². The van der Waals surface area contributed by atoms with Gasteiger partial charge in [0.05, 0.1) is 40.0 Å². The molecule has 258 valence electrons. The first kappa shape index (κ1) is 33.4. The minimum atomic E-state index is -2.69. The Kier molecular flexibility index (Phi) is 8.91. The van der Waals surface area contributed by atoms with Crippen LogP contribution in [-0.4, -0.2) is 61.2 Å². The van der Waals surface area contributed by atoms with Crippen molar-refractivity contribution in [2.45, 2.75) is 56.9 Å². The molecule has 1 atom stereocenters. The fourth-order valence-corrected chi connectivity index (χ4v) is 5.88. The number of aromatic carboxylic acids is 1. The number of halogens is 5. The van der Waals surface area contributed by atoms with Gasteiger partial charge in [0.1, 0.15) is 35.3 Å². The molecule has 7 rings (SSSR count). The zero-order chi connectivity index (χ0) is 35.2. The number of imidazole rings is 1. The molecule has 0 radical (unpaired) electrons. The van der Waals surface area contributed by atoms with Gasteiger partial charge in [0.2, 0.25) is 5.88 Å². The van der Waals surface area contributed by atoms with Crippen molar-refractivity contribution in [2.24, 2.45) is 0 Å². The maximum absolute atomic E-state index is 15.6. The second-order valence-electron chi connectivity index (χ2n) is 12.3. The van der Waals surface area contributed by atoms with Crippen LogP contribution in [0.1, 0.15) is 57.1 Å². The summed E-state index contributed by atoms with van der Waals surface area (Å²) < 4.78 is 70.7. The van der Waals surface area contributed by atoms with Gasteiger partial charge >= 0.3 is 5.97 Å². The standard InChI is InChI=1S/C35H28ClF4N5O5/c36-23-14-28(32(46)44-35(7-8-35)34(39)40)41-15-20(23)17-50-31-3-1-2-26(43-31)22-13-24(37)19(10-25(22)38)12-30-42-27-5-4-18(33(47)48)11-29(27)45(30)16-21-6-9-49-21/h1-5,10-11,13-15,21,34H,6-9,12,16-17H2,(H,44,46)(H,47,48). The SMILES string of the molecule is O=C(O)c1ccc2nc(Cc3cc(F)c(-c4cccc(OCc5cnc(C(=O)NC6(C(F)F)CC6)cc5Cl)n4)cc3F)n(CC3CCO3)c2c1. The highest BCUT2D eigenvalue weighted by molar-refractivity contribution is 6.31. The Bertz CT molecular complexity index is 2140. The predicted molar refractivity (Wildman–Crippen MR) is 172 cm³/mol. The number of carboxylic acid groups (broad SMARTS) is 1. The van der Waals surface area contributed by atoms with E-state index < -0.39 is 35.5 Å². The molecular weight excluding hydrogens is 682 g/mol. The molecule has 2 aliphatic rings. The minimum Gasteiger partial charge on any atom is -0.478 e. The zero-order valence-corrected chi connectivity index (χ0v) is 26.9. The lowest BCUT2D eigenvalue weighted by Gasteiger charge is -2.27. The quantitative estimate of drug-likeness (QED) is 0.139. The molecule has 15 heteroatoms. The first-order chi connectivity index (χ1) is 24.0. The molecule has 1 amide bonds. The van der Waals surface area contributed by atoms with Crippen molar-refractivity contribution in [2.75, 3.05) is 6.61 Å². The van der Waals surface area contributed by atoms with E-state index in [4.69, 9.17) is 21.1 Å². The van der Waals surface area contributed by atoms with E-state index in [1.807, 2.05) is 0 Å². The fraction of sp³-hybridized carbons (Fsp3) is 0.286. The summed E-state index contributed by atoms with van der Waals surface area (Å²) in [5.41, 5.74) is -0.0595. The lowest BCUT2D eigenvalue weighted by Crippen LogP contribution is -2.42. The second kappa shape index (κ2) is 13.3. The van der Waals surface area contributed by atoms with Gasteiger partial charge in [-0.1, -0.05) is 17.7 Å². The van der Waals surface area contributed by atoms with Gasteiger partial charge in [0.25, 0.3) is 12.3 Å². The Morgan fingerprint density at radius 2 is 1.88 bits per heavy atom. The van der Waals surface area contributed by atoms with Crippen molar-refractivity contribution >= 4 is 34.5 Å². The van der Waals surface area contributed by atoms with E-state index in [2.05, 4.69) is 20.3 Å². The van der Waals surface area contributed by atoms with Gasteiger partial charge in [-0.25, -0.2) is 32.3 Å². The summed E-state index contributed by atoms with van der Waals surface area (Å²) >= 11 is 6.32. The number of aromatic nitrogens is 4. The summed E-state index contributed by atoms with van der Waals surface area (Å²) in [6.45, 7) is 0.860. The van der Waals surface area contributed by atoms with Crippen LogP contribution >= 0.6 is 11.6 Å². The Morgan fingerprint density at radius 1 is 1.08 bits per heavy atom. The summed E-state index contributed by atoms with van der Waals surface area (Å²) in [4.78, 5) is 37.0. The monoisotopic (exact) mass is 709 g/mol. The van der Waals surface area contributed by atoms with Crippen LogP contribution in [-0.2, 0) is 24.3 Å². The summed E-state index contributed by atoms with van der Waals surface area (Å²) in [6.07, 6.45) is -0.389. The molecule has 10 nitrogen and oxygen atoms in total. The number of rotatable bonds is 12. The topological polar surface area (TPSA) is 128 Å². The van der Waals surface area contributed by atoms with Crippen LogP contribution in [0.25, 0.3) is 22.3 Å². The summed E-state index contributed by atoms with van der Waals surface area (Å²) in [7, 11) is 0. The third-order valence-corrected chi connectivity index (χ3v) is 9.20. The number of fused-ring (bicyclic) bond motifs is 1. The van der Waals surface area contributed by atoms with E-state index in [1.54, 1.807) is 16.7 Å². The minimum absolute atomic E-state index is 0.0453. The number of nitrogens with zero attached hydrogens (tertiary/aromatic N) is 4. The molecule has 1 saturated heterocycles. The average molecular weight is 710 g/mol. The molecule has 2 N–H and O–H groups in total. The number of hydrogen-bond acceptors (Lipinski definition) is 7. The molecule has 0 bridgehead atoms. The third-order valence-electron chi connectivity index (χ3n) is 8.84. The summed E-state index contributed by atoms with van der Waals surface area (Å²) in [6, 6.07) is 12.5. The molecule has 1 saturated carbocycles. The highest BCUT2D eigenvalue weighted by Crippen LogP contribution is 2.41. The number of carboxylic acids is 1. The molecule has 3 aromatic heterocycles. The summed E-state index contributed by atoms with van der Waals surface area (Å²) in [5.74, 6) is -2.77. The lowest BCUT2D eigenvalue weighted by atomic mass is 10.0. The number of hydrogen-bond donors (Lipinski definition) is 2.